The van der Waals surface area contributed by atoms with Crippen molar-refractivity contribution in [1.29, 1.82) is 0 Å². The summed E-state index contributed by atoms with van der Waals surface area (Å²) in [5.74, 6) is -0.824. The smallest absolute Gasteiger partial charge is 0.408 e. The SMILES string of the molecule is C=CCOC(=O)NC(C(=O)O)c1ccc(OC)c(Cl)c1. The molecule has 108 valence electrons. The molecule has 1 aromatic carbocycles. The molecule has 7 heteroatoms. The van der Waals surface area contributed by atoms with Crippen molar-refractivity contribution in [3.05, 3.63) is 41.4 Å². The van der Waals surface area contributed by atoms with Crippen LogP contribution in [0.4, 0.5) is 4.79 Å². The van der Waals surface area contributed by atoms with Crippen molar-refractivity contribution in [3.63, 3.8) is 0 Å². The number of amides is 1. The summed E-state index contributed by atoms with van der Waals surface area (Å²) in [5.41, 5.74) is 0.304. The van der Waals surface area contributed by atoms with Crippen LogP contribution in [-0.4, -0.2) is 30.9 Å². The number of methoxy groups -OCH3 is 1. The van der Waals surface area contributed by atoms with Crippen molar-refractivity contribution < 1.29 is 24.2 Å². The largest absolute Gasteiger partial charge is 0.495 e. The number of hydrogen-bond donors (Lipinski definition) is 2. The van der Waals surface area contributed by atoms with Crippen LogP contribution in [0.25, 0.3) is 0 Å². The van der Waals surface area contributed by atoms with Crippen molar-refractivity contribution >= 4 is 23.7 Å². The van der Waals surface area contributed by atoms with Gasteiger partial charge in [-0.15, -0.1) is 0 Å². The average molecular weight is 300 g/mol. The molecule has 6 nitrogen and oxygen atoms in total. The van der Waals surface area contributed by atoms with Crippen LogP contribution >= 0.6 is 11.6 Å². The number of halogens is 1. The first kappa shape index (κ1) is 15.8. The van der Waals surface area contributed by atoms with E-state index >= 15 is 0 Å². The Labute approximate surface area is 120 Å². The van der Waals surface area contributed by atoms with Crippen molar-refractivity contribution in [2.24, 2.45) is 0 Å². The molecule has 0 heterocycles. The van der Waals surface area contributed by atoms with E-state index in [4.69, 9.17) is 21.4 Å². The second-order valence-corrected chi connectivity index (χ2v) is 4.10. The Morgan fingerprint density at radius 3 is 2.75 bits per heavy atom. The molecular weight excluding hydrogens is 286 g/mol. The van der Waals surface area contributed by atoms with Gasteiger partial charge in [-0.05, 0) is 17.7 Å². The van der Waals surface area contributed by atoms with Crippen LogP contribution < -0.4 is 10.1 Å². The summed E-state index contributed by atoms with van der Waals surface area (Å²) in [6.07, 6.45) is 0.517. The Kier molecular flexibility index (Phi) is 5.86. The number of carboxylic acid groups (broad SMARTS) is 1. The molecule has 0 aliphatic heterocycles. The molecule has 0 aliphatic rings. The van der Waals surface area contributed by atoms with Gasteiger partial charge in [0.2, 0.25) is 0 Å². The highest BCUT2D eigenvalue weighted by molar-refractivity contribution is 6.32. The summed E-state index contributed by atoms with van der Waals surface area (Å²) >= 11 is 5.92. The van der Waals surface area contributed by atoms with Crippen molar-refractivity contribution in [1.82, 2.24) is 5.32 Å². The highest BCUT2D eigenvalue weighted by Crippen LogP contribution is 2.27. The third-order valence-electron chi connectivity index (χ3n) is 2.35. The van der Waals surface area contributed by atoms with E-state index in [1.807, 2.05) is 0 Å². The number of aliphatic carboxylic acids is 1. The predicted octanol–water partition coefficient (Wildman–Crippen LogP) is 2.39. The maximum atomic E-state index is 11.4. The quantitative estimate of drug-likeness (QED) is 0.788. The first-order valence-corrected chi connectivity index (χ1v) is 5.97. The molecule has 0 aliphatic carbocycles. The Bertz CT molecular complexity index is 517. The number of nitrogens with one attached hydrogen (secondary N) is 1. The molecule has 0 bridgehead atoms. The van der Waals surface area contributed by atoms with Crippen LogP contribution in [0.3, 0.4) is 0 Å². The van der Waals surface area contributed by atoms with Crippen molar-refractivity contribution in [2.45, 2.75) is 6.04 Å². The lowest BCUT2D eigenvalue weighted by Crippen LogP contribution is -2.34. The third kappa shape index (κ3) is 4.17. The van der Waals surface area contributed by atoms with Crippen LogP contribution in [-0.2, 0) is 9.53 Å². The van der Waals surface area contributed by atoms with Gasteiger partial charge in [-0.2, -0.15) is 0 Å². The summed E-state index contributed by atoms with van der Waals surface area (Å²) in [5, 5.41) is 11.6. The lowest BCUT2D eigenvalue weighted by molar-refractivity contribution is -0.139. The number of ether oxygens (including phenoxy) is 2. The van der Waals surface area contributed by atoms with Gasteiger partial charge < -0.3 is 19.9 Å². The maximum absolute atomic E-state index is 11.4. The summed E-state index contributed by atoms with van der Waals surface area (Å²) in [4.78, 5) is 22.6. The van der Waals surface area contributed by atoms with Gasteiger partial charge in [-0.1, -0.05) is 30.3 Å². The average Bonchev–Trinajstić information content (AvgIpc) is 2.42. The van der Waals surface area contributed by atoms with E-state index in [1.165, 1.54) is 31.4 Å². The molecule has 20 heavy (non-hydrogen) atoms. The zero-order valence-corrected chi connectivity index (χ0v) is 11.5. The zero-order chi connectivity index (χ0) is 15.1. The van der Waals surface area contributed by atoms with Gasteiger partial charge in [-0.25, -0.2) is 9.59 Å². The molecule has 1 amide bonds. The van der Waals surface area contributed by atoms with Crippen LogP contribution in [0.15, 0.2) is 30.9 Å². The number of hydrogen-bond acceptors (Lipinski definition) is 4. The van der Waals surface area contributed by atoms with Gasteiger partial charge in [-0.3, -0.25) is 0 Å². The van der Waals surface area contributed by atoms with Gasteiger partial charge in [0.05, 0.1) is 12.1 Å². The number of carboxylic acids is 1. The van der Waals surface area contributed by atoms with E-state index in [2.05, 4.69) is 16.6 Å². The number of alkyl carbamates (subject to hydrolysis) is 1. The fourth-order valence-electron chi connectivity index (χ4n) is 1.44. The normalized spacial score (nSPS) is 11.3. The molecule has 1 atom stereocenters. The Morgan fingerprint density at radius 1 is 1.55 bits per heavy atom. The second kappa shape index (κ2) is 7.40. The molecule has 0 saturated heterocycles. The molecule has 0 fully saturated rings. The number of benzene rings is 1. The minimum Gasteiger partial charge on any atom is -0.495 e. The second-order valence-electron chi connectivity index (χ2n) is 3.70. The van der Waals surface area contributed by atoms with Gasteiger partial charge in [0.15, 0.2) is 6.04 Å². The minimum atomic E-state index is -1.27. The summed E-state index contributed by atoms with van der Waals surface area (Å²) in [6.45, 7) is 3.37. The number of rotatable bonds is 6. The summed E-state index contributed by atoms with van der Waals surface area (Å²) < 4.78 is 9.65. The van der Waals surface area contributed by atoms with Crippen LogP contribution in [0, 0.1) is 0 Å². The van der Waals surface area contributed by atoms with Crippen molar-refractivity contribution in [3.8, 4) is 5.75 Å². The molecule has 2 N–H and O–H groups in total. The molecule has 0 saturated carbocycles. The van der Waals surface area contributed by atoms with E-state index in [0.717, 1.165) is 0 Å². The topological polar surface area (TPSA) is 84.9 Å². The highest BCUT2D eigenvalue weighted by atomic mass is 35.5. The predicted molar refractivity (Wildman–Crippen MR) is 73.1 cm³/mol. The Morgan fingerprint density at radius 2 is 2.25 bits per heavy atom. The van der Waals surface area contributed by atoms with Crippen LogP contribution in [0.5, 0.6) is 5.75 Å². The molecule has 1 unspecified atom stereocenters. The van der Waals surface area contributed by atoms with E-state index < -0.39 is 18.1 Å². The monoisotopic (exact) mass is 299 g/mol. The Balaban J connectivity index is 2.91. The van der Waals surface area contributed by atoms with Crippen molar-refractivity contribution in [2.75, 3.05) is 13.7 Å². The molecular formula is C13H14ClNO5. The fourth-order valence-corrected chi connectivity index (χ4v) is 1.71. The standard InChI is InChI=1S/C13H14ClNO5/c1-3-6-20-13(18)15-11(12(16)17)8-4-5-10(19-2)9(14)7-8/h3-5,7,11H,1,6H2,2H3,(H,15,18)(H,16,17). The summed E-state index contributed by atoms with van der Waals surface area (Å²) in [6, 6.07) is 3.16. The number of carbonyl (C=O) groups excluding carboxylic acids is 1. The first-order valence-electron chi connectivity index (χ1n) is 5.60. The zero-order valence-electron chi connectivity index (χ0n) is 10.8. The van der Waals surface area contributed by atoms with Gasteiger partial charge in [0, 0.05) is 0 Å². The van der Waals surface area contributed by atoms with E-state index in [9.17, 15) is 9.59 Å². The maximum Gasteiger partial charge on any atom is 0.408 e. The lowest BCUT2D eigenvalue weighted by Gasteiger charge is -2.15. The molecule has 0 aromatic heterocycles. The Hall–Kier alpha value is -2.21. The first-order chi connectivity index (χ1) is 9.49. The van der Waals surface area contributed by atoms with E-state index in [0.29, 0.717) is 11.3 Å². The number of carbonyl (C=O) groups is 2. The minimum absolute atomic E-state index is 0.0124. The molecule has 1 aromatic rings. The summed E-state index contributed by atoms with van der Waals surface area (Å²) in [7, 11) is 1.44. The van der Waals surface area contributed by atoms with Gasteiger partial charge in [0.25, 0.3) is 0 Å². The third-order valence-corrected chi connectivity index (χ3v) is 2.65. The highest BCUT2D eigenvalue weighted by Gasteiger charge is 2.23. The van der Waals surface area contributed by atoms with Crippen LogP contribution in [0.2, 0.25) is 5.02 Å². The fraction of sp³-hybridized carbons (Fsp3) is 0.231. The van der Waals surface area contributed by atoms with E-state index in [1.54, 1.807) is 0 Å². The molecule has 1 rings (SSSR count). The molecule has 0 radical (unpaired) electrons. The molecule has 0 spiro atoms. The van der Waals surface area contributed by atoms with E-state index in [-0.39, 0.29) is 11.6 Å². The van der Waals surface area contributed by atoms with Gasteiger partial charge in [0.1, 0.15) is 12.4 Å². The van der Waals surface area contributed by atoms with Crippen LogP contribution in [0.1, 0.15) is 11.6 Å². The lowest BCUT2D eigenvalue weighted by atomic mass is 10.1. The van der Waals surface area contributed by atoms with Gasteiger partial charge >= 0.3 is 12.1 Å².